The highest BCUT2D eigenvalue weighted by molar-refractivity contribution is 6.38. The molecule has 0 aliphatic heterocycles. The summed E-state index contributed by atoms with van der Waals surface area (Å²) in [5, 5.41) is 11.6. The van der Waals surface area contributed by atoms with Crippen molar-refractivity contribution in [3.63, 3.8) is 0 Å². The Morgan fingerprint density at radius 3 is 2.52 bits per heavy atom. The third-order valence-electron chi connectivity index (χ3n) is 3.33. The summed E-state index contributed by atoms with van der Waals surface area (Å²) in [5.41, 5.74) is 2.43. The van der Waals surface area contributed by atoms with Gasteiger partial charge in [0, 0.05) is 28.2 Å². The van der Waals surface area contributed by atoms with Gasteiger partial charge in [-0.2, -0.15) is 5.26 Å². The Hall–Kier alpha value is -1.66. The molecule has 0 unspecified atom stereocenters. The minimum absolute atomic E-state index is 0.548. The Morgan fingerprint density at radius 1 is 1.00 bits per heavy atom. The van der Waals surface area contributed by atoms with Gasteiger partial charge in [0.1, 0.15) is 0 Å². The first kappa shape index (κ1) is 14.3. The van der Waals surface area contributed by atoms with Crippen LogP contribution in [0, 0.1) is 11.3 Å². The number of hydrogen-bond donors (Lipinski definition) is 0. The summed E-state index contributed by atoms with van der Waals surface area (Å²) >= 11 is 18.5. The van der Waals surface area contributed by atoms with E-state index >= 15 is 0 Å². The zero-order valence-electron chi connectivity index (χ0n) is 10.8. The average Bonchev–Trinajstić information content (AvgIpc) is 2.84. The van der Waals surface area contributed by atoms with Crippen molar-refractivity contribution in [3.05, 3.63) is 68.8 Å². The van der Waals surface area contributed by atoms with Crippen molar-refractivity contribution < 1.29 is 0 Å². The van der Waals surface area contributed by atoms with Gasteiger partial charge in [-0.3, -0.25) is 0 Å². The monoisotopic (exact) mass is 334 g/mol. The molecule has 0 radical (unpaired) electrons. The normalized spacial score (nSPS) is 10.8. The first-order valence-electron chi connectivity index (χ1n) is 6.21. The van der Waals surface area contributed by atoms with E-state index in [2.05, 4.69) is 6.07 Å². The molecule has 0 N–H and O–H groups in total. The molecule has 0 fully saturated rings. The molecule has 2 aromatic carbocycles. The van der Waals surface area contributed by atoms with E-state index in [4.69, 9.17) is 40.1 Å². The first-order valence-corrected chi connectivity index (χ1v) is 7.34. The summed E-state index contributed by atoms with van der Waals surface area (Å²) < 4.78 is 2.03. The van der Waals surface area contributed by atoms with Crippen molar-refractivity contribution in [1.29, 1.82) is 5.26 Å². The van der Waals surface area contributed by atoms with Crippen LogP contribution >= 0.6 is 34.8 Å². The summed E-state index contributed by atoms with van der Waals surface area (Å²) in [4.78, 5) is 0. The van der Waals surface area contributed by atoms with Gasteiger partial charge in [0.25, 0.3) is 0 Å². The summed E-state index contributed by atoms with van der Waals surface area (Å²) in [7, 11) is 0. The number of nitriles is 1. The highest BCUT2D eigenvalue weighted by Crippen LogP contribution is 2.30. The molecule has 104 valence electrons. The molecule has 5 heteroatoms. The van der Waals surface area contributed by atoms with Crippen LogP contribution in [0.15, 0.2) is 42.6 Å². The fraction of sp³-hybridized carbons (Fsp3) is 0.0625. The Kier molecular flexibility index (Phi) is 3.82. The van der Waals surface area contributed by atoms with Crippen LogP contribution < -0.4 is 0 Å². The zero-order valence-corrected chi connectivity index (χ0v) is 13.0. The fourth-order valence-electron chi connectivity index (χ4n) is 2.29. The molecule has 2 nitrogen and oxygen atoms in total. The Balaban J connectivity index is 2.05. The first-order chi connectivity index (χ1) is 10.1. The highest BCUT2D eigenvalue weighted by Gasteiger charge is 2.09. The second-order valence-electron chi connectivity index (χ2n) is 4.68. The molecule has 0 saturated heterocycles. The topological polar surface area (TPSA) is 28.7 Å². The summed E-state index contributed by atoms with van der Waals surface area (Å²) in [6.45, 7) is 0.588. The third-order valence-corrected chi connectivity index (χ3v) is 4.21. The van der Waals surface area contributed by atoms with Gasteiger partial charge in [0.2, 0.25) is 0 Å². The lowest BCUT2D eigenvalue weighted by atomic mass is 10.1. The number of aromatic nitrogens is 1. The number of nitrogens with zero attached hydrogens (tertiary/aromatic N) is 2. The standard InChI is InChI=1S/C16H9Cl3N2/c17-12-6-15(19)13-3-4-21(16(13)7-12)9-11-2-1-10(8-20)5-14(11)18/h1-7H,9H2. The molecule has 0 aliphatic carbocycles. The van der Waals surface area contributed by atoms with Crippen LogP contribution in [-0.2, 0) is 6.54 Å². The lowest BCUT2D eigenvalue weighted by Crippen LogP contribution is -1.99. The van der Waals surface area contributed by atoms with Crippen molar-refractivity contribution in [2.24, 2.45) is 0 Å². The Morgan fingerprint density at radius 2 is 1.81 bits per heavy atom. The van der Waals surface area contributed by atoms with Crippen LogP contribution in [0.5, 0.6) is 0 Å². The third kappa shape index (κ3) is 2.73. The van der Waals surface area contributed by atoms with Gasteiger partial charge in [-0.1, -0.05) is 40.9 Å². The van der Waals surface area contributed by atoms with E-state index in [1.54, 1.807) is 18.2 Å². The molecule has 3 rings (SSSR count). The van der Waals surface area contributed by atoms with E-state index in [1.807, 2.05) is 29.0 Å². The minimum Gasteiger partial charge on any atom is -0.343 e. The van der Waals surface area contributed by atoms with E-state index < -0.39 is 0 Å². The van der Waals surface area contributed by atoms with E-state index in [9.17, 15) is 0 Å². The number of benzene rings is 2. The molecule has 0 bridgehead atoms. The second kappa shape index (κ2) is 5.61. The Labute approximate surface area is 137 Å². The van der Waals surface area contributed by atoms with Gasteiger partial charge in [-0.05, 0) is 35.9 Å². The van der Waals surface area contributed by atoms with Crippen molar-refractivity contribution in [2.45, 2.75) is 6.54 Å². The van der Waals surface area contributed by atoms with Gasteiger partial charge in [-0.15, -0.1) is 0 Å². The molecule has 1 heterocycles. The van der Waals surface area contributed by atoms with Crippen LogP contribution in [-0.4, -0.2) is 4.57 Å². The summed E-state index contributed by atoms with van der Waals surface area (Å²) in [6.07, 6.45) is 1.95. The van der Waals surface area contributed by atoms with Crippen LogP contribution in [0.4, 0.5) is 0 Å². The predicted octanol–water partition coefficient (Wildman–Crippen LogP) is 5.52. The fourth-order valence-corrected chi connectivity index (χ4v) is 3.07. The van der Waals surface area contributed by atoms with Crippen LogP contribution in [0.3, 0.4) is 0 Å². The van der Waals surface area contributed by atoms with Gasteiger partial charge < -0.3 is 4.57 Å². The van der Waals surface area contributed by atoms with Crippen molar-refractivity contribution in [1.82, 2.24) is 4.57 Å². The summed E-state index contributed by atoms with van der Waals surface area (Å²) in [6, 6.07) is 12.9. The molecule has 1 aromatic heterocycles. The number of hydrogen-bond acceptors (Lipinski definition) is 1. The molecule has 21 heavy (non-hydrogen) atoms. The maximum atomic E-state index is 8.87. The molecule has 0 saturated carbocycles. The molecule has 0 atom stereocenters. The molecule has 0 aliphatic rings. The molecular weight excluding hydrogens is 327 g/mol. The maximum absolute atomic E-state index is 8.87. The lowest BCUT2D eigenvalue weighted by Gasteiger charge is -2.08. The number of fused-ring (bicyclic) bond motifs is 1. The lowest BCUT2D eigenvalue weighted by molar-refractivity contribution is 0.837. The maximum Gasteiger partial charge on any atom is 0.0992 e. The van der Waals surface area contributed by atoms with Crippen molar-refractivity contribution in [2.75, 3.05) is 0 Å². The second-order valence-corrected chi connectivity index (χ2v) is 5.93. The number of halogens is 3. The quantitative estimate of drug-likeness (QED) is 0.606. The average molecular weight is 336 g/mol. The van der Waals surface area contributed by atoms with Crippen LogP contribution in [0.1, 0.15) is 11.1 Å². The molecule has 3 aromatic rings. The van der Waals surface area contributed by atoms with E-state index in [-0.39, 0.29) is 0 Å². The van der Waals surface area contributed by atoms with Crippen molar-refractivity contribution in [3.8, 4) is 6.07 Å². The van der Waals surface area contributed by atoms with E-state index in [1.165, 1.54) is 0 Å². The predicted molar refractivity (Wildman–Crippen MR) is 87.2 cm³/mol. The van der Waals surface area contributed by atoms with Gasteiger partial charge in [0.05, 0.1) is 22.2 Å². The van der Waals surface area contributed by atoms with Crippen molar-refractivity contribution >= 4 is 45.7 Å². The summed E-state index contributed by atoms with van der Waals surface area (Å²) in [5.74, 6) is 0. The zero-order chi connectivity index (χ0) is 15.0. The van der Waals surface area contributed by atoms with Crippen LogP contribution in [0.25, 0.3) is 10.9 Å². The Bertz CT molecular complexity index is 875. The van der Waals surface area contributed by atoms with Gasteiger partial charge in [0.15, 0.2) is 0 Å². The minimum atomic E-state index is 0.548. The van der Waals surface area contributed by atoms with Gasteiger partial charge >= 0.3 is 0 Å². The van der Waals surface area contributed by atoms with Gasteiger partial charge in [-0.25, -0.2) is 0 Å². The molecule has 0 amide bonds. The smallest absolute Gasteiger partial charge is 0.0992 e. The van der Waals surface area contributed by atoms with E-state index in [0.29, 0.717) is 27.2 Å². The highest BCUT2D eigenvalue weighted by atomic mass is 35.5. The molecule has 0 spiro atoms. The SMILES string of the molecule is N#Cc1ccc(Cn2ccc3c(Cl)cc(Cl)cc32)c(Cl)c1. The molecular formula is C16H9Cl3N2. The van der Waals surface area contributed by atoms with Crippen LogP contribution in [0.2, 0.25) is 15.1 Å². The number of rotatable bonds is 2. The van der Waals surface area contributed by atoms with E-state index in [0.717, 1.165) is 16.5 Å². The largest absolute Gasteiger partial charge is 0.343 e.